The van der Waals surface area contributed by atoms with E-state index in [-0.39, 0.29) is 5.97 Å². The minimum atomic E-state index is -0.632. The molecule has 1 saturated carbocycles. The molecule has 21 heavy (non-hydrogen) atoms. The molecule has 0 radical (unpaired) electrons. The number of nitrogens with zero attached hydrogens (tertiary/aromatic N) is 2. The van der Waals surface area contributed by atoms with Crippen LogP contribution in [0.1, 0.15) is 51.3 Å². The van der Waals surface area contributed by atoms with E-state index in [9.17, 15) is 4.79 Å². The first kappa shape index (κ1) is 14.0. The van der Waals surface area contributed by atoms with Gasteiger partial charge in [-0.2, -0.15) is 0 Å². The first-order chi connectivity index (χ1) is 10.3. The summed E-state index contributed by atoms with van der Waals surface area (Å²) in [6, 6.07) is 3.81. The average Bonchev–Trinajstić information content (AvgIpc) is 2.77. The van der Waals surface area contributed by atoms with E-state index in [0.29, 0.717) is 12.3 Å². The third-order valence-electron chi connectivity index (χ3n) is 4.33. The van der Waals surface area contributed by atoms with Crippen molar-refractivity contribution >= 4 is 17.1 Å². The van der Waals surface area contributed by atoms with Gasteiger partial charge in [0.25, 0.3) is 0 Å². The third kappa shape index (κ3) is 2.52. The lowest BCUT2D eigenvalue weighted by Gasteiger charge is -2.28. The van der Waals surface area contributed by atoms with Crippen molar-refractivity contribution in [3.05, 3.63) is 24.2 Å². The minimum absolute atomic E-state index is 0.147. The second-order valence-corrected chi connectivity index (χ2v) is 5.68. The van der Waals surface area contributed by atoms with Crippen molar-refractivity contribution in [2.45, 2.75) is 50.9 Å². The van der Waals surface area contributed by atoms with Gasteiger partial charge in [0.15, 0.2) is 5.65 Å². The second-order valence-electron chi connectivity index (χ2n) is 5.68. The number of hydrogen-bond acceptors (Lipinski definition) is 4. The Balaban J connectivity index is 2.06. The van der Waals surface area contributed by atoms with Gasteiger partial charge in [-0.3, -0.25) is 4.79 Å². The summed E-state index contributed by atoms with van der Waals surface area (Å²) in [4.78, 5) is 24.8. The SMILES string of the molecule is CCOC(=O)C1(c2nc3ncccc3[nH]2)CCCCCC1. The van der Waals surface area contributed by atoms with E-state index in [1.54, 1.807) is 6.20 Å². The highest BCUT2D eigenvalue weighted by molar-refractivity contribution is 5.83. The standard InChI is InChI=1S/C16H21N3O2/c1-2-21-15(20)16(9-5-3-4-6-10-16)14-18-12-8-7-11-17-13(12)19-14/h7-8,11H,2-6,9-10H2,1H3,(H,17,18,19). The molecule has 2 aromatic rings. The van der Waals surface area contributed by atoms with E-state index >= 15 is 0 Å². The molecule has 0 saturated heterocycles. The molecule has 0 amide bonds. The van der Waals surface area contributed by atoms with Gasteiger partial charge in [-0.15, -0.1) is 0 Å². The predicted octanol–water partition coefficient (Wildman–Crippen LogP) is 3.11. The molecule has 1 N–H and O–H groups in total. The molecule has 1 aliphatic carbocycles. The maximum atomic E-state index is 12.6. The fourth-order valence-electron chi connectivity index (χ4n) is 3.21. The second kappa shape index (κ2) is 5.84. The quantitative estimate of drug-likeness (QED) is 0.695. The highest BCUT2D eigenvalue weighted by Crippen LogP contribution is 2.38. The number of rotatable bonds is 3. The average molecular weight is 287 g/mol. The number of carbonyl (C=O) groups is 1. The van der Waals surface area contributed by atoms with Crippen LogP contribution in [0.3, 0.4) is 0 Å². The Labute approximate surface area is 124 Å². The monoisotopic (exact) mass is 287 g/mol. The van der Waals surface area contributed by atoms with Crippen molar-refractivity contribution in [1.82, 2.24) is 15.0 Å². The number of aromatic nitrogens is 3. The van der Waals surface area contributed by atoms with Crippen LogP contribution in [-0.2, 0) is 14.9 Å². The molecule has 1 aliphatic rings. The fourth-order valence-corrected chi connectivity index (χ4v) is 3.21. The Bertz CT molecular complexity index is 594. The van der Waals surface area contributed by atoms with Crippen LogP contribution in [0, 0.1) is 0 Å². The summed E-state index contributed by atoms with van der Waals surface area (Å²) in [7, 11) is 0. The van der Waals surface area contributed by atoms with E-state index < -0.39 is 5.41 Å². The number of pyridine rings is 1. The van der Waals surface area contributed by atoms with E-state index in [1.807, 2.05) is 19.1 Å². The van der Waals surface area contributed by atoms with Crippen molar-refractivity contribution in [3.8, 4) is 0 Å². The maximum absolute atomic E-state index is 12.6. The van der Waals surface area contributed by atoms with Gasteiger partial charge in [0.1, 0.15) is 11.2 Å². The van der Waals surface area contributed by atoms with Crippen LogP contribution in [0.25, 0.3) is 11.2 Å². The molecule has 0 atom stereocenters. The molecule has 0 aliphatic heterocycles. The normalized spacial score (nSPS) is 18.3. The van der Waals surface area contributed by atoms with Crippen LogP contribution >= 0.6 is 0 Å². The summed E-state index contributed by atoms with van der Waals surface area (Å²) in [5.41, 5.74) is 0.911. The summed E-state index contributed by atoms with van der Waals surface area (Å²) in [5, 5.41) is 0. The van der Waals surface area contributed by atoms with Gasteiger partial charge >= 0.3 is 5.97 Å². The lowest BCUT2D eigenvalue weighted by Crippen LogP contribution is -2.38. The highest BCUT2D eigenvalue weighted by Gasteiger charge is 2.44. The molecule has 0 spiro atoms. The van der Waals surface area contributed by atoms with Gasteiger partial charge in [-0.05, 0) is 31.9 Å². The molecule has 3 rings (SSSR count). The largest absolute Gasteiger partial charge is 0.465 e. The Morgan fingerprint density at radius 3 is 2.76 bits per heavy atom. The van der Waals surface area contributed by atoms with Crippen LogP contribution in [0.2, 0.25) is 0 Å². The predicted molar refractivity (Wildman–Crippen MR) is 79.9 cm³/mol. The van der Waals surface area contributed by atoms with Gasteiger partial charge in [-0.25, -0.2) is 9.97 Å². The Morgan fingerprint density at radius 1 is 1.33 bits per heavy atom. The third-order valence-corrected chi connectivity index (χ3v) is 4.33. The van der Waals surface area contributed by atoms with E-state index in [1.165, 1.54) is 12.8 Å². The van der Waals surface area contributed by atoms with Crippen molar-refractivity contribution in [2.24, 2.45) is 0 Å². The van der Waals surface area contributed by atoms with Crippen molar-refractivity contribution in [1.29, 1.82) is 0 Å². The zero-order valence-electron chi connectivity index (χ0n) is 12.4. The highest BCUT2D eigenvalue weighted by atomic mass is 16.5. The maximum Gasteiger partial charge on any atom is 0.319 e. The number of esters is 1. The lowest BCUT2D eigenvalue weighted by molar-refractivity contribution is -0.151. The number of aromatic amines is 1. The van der Waals surface area contributed by atoms with Gasteiger partial charge < -0.3 is 9.72 Å². The number of ether oxygens (including phenoxy) is 1. The number of imidazole rings is 1. The smallest absolute Gasteiger partial charge is 0.319 e. The summed E-state index contributed by atoms with van der Waals surface area (Å²) in [6.07, 6.45) is 7.71. The zero-order chi connectivity index (χ0) is 14.7. The minimum Gasteiger partial charge on any atom is -0.465 e. The van der Waals surface area contributed by atoms with E-state index in [4.69, 9.17) is 4.74 Å². The Morgan fingerprint density at radius 2 is 2.10 bits per heavy atom. The van der Waals surface area contributed by atoms with Crippen LogP contribution in [0.5, 0.6) is 0 Å². The molecular formula is C16H21N3O2. The number of hydrogen-bond donors (Lipinski definition) is 1. The van der Waals surface area contributed by atoms with Gasteiger partial charge in [-0.1, -0.05) is 25.7 Å². The molecule has 0 unspecified atom stereocenters. The van der Waals surface area contributed by atoms with Crippen LogP contribution in [0.4, 0.5) is 0 Å². The van der Waals surface area contributed by atoms with Crippen molar-refractivity contribution in [2.75, 3.05) is 6.61 Å². The lowest BCUT2D eigenvalue weighted by atomic mass is 9.79. The molecule has 2 aromatic heterocycles. The summed E-state index contributed by atoms with van der Waals surface area (Å²) in [5.74, 6) is 0.572. The van der Waals surface area contributed by atoms with Crippen LogP contribution < -0.4 is 0 Å². The van der Waals surface area contributed by atoms with E-state index in [0.717, 1.165) is 37.0 Å². The fraction of sp³-hybridized carbons (Fsp3) is 0.562. The van der Waals surface area contributed by atoms with Crippen LogP contribution in [-0.4, -0.2) is 27.5 Å². The van der Waals surface area contributed by atoms with Crippen molar-refractivity contribution in [3.63, 3.8) is 0 Å². The van der Waals surface area contributed by atoms with Crippen LogP contribution in [0.15, 0.2) is 18.3 Å². The first-order valence-electron chi connectivity index (χ1n) is 7.75. The zero-order valence-corrected chi connectivity index (χ0v) is 12.4. The van der Waals surface area contributed by atoms with Gasteiger partial charge in [0, 0.05) is 6.20 Å². The molecule has 2 heterocycles. The molecular weight excluding hydrogens is 266 g/mol. The Kier molecular flexibility index (Phi) is 3.90. The molecule has 0 aromatic carbocycles. The summed E-state index contributed by atoms with van der Waals surface area (Å²) in [6.45, 7) is 2.25. The van der Waals surface area contributed by atoms with E-state index in [2.05, 4.69) is 15.0 Å². The number of carbonyl (C=O) groups excluding carboxylic acids is 1. The summed E-state index contributed by atoms with van der Waals surface area (Å²) < 4.78 is 5.37. The number of fused-ring (bicyclic) bond motifs is 1. The molecule has 5 nitrogen and oxygen atoms in total. The topological polar surface area (TPSA) is 67.9 Å². The molecule has 0 bridgehead atoms. The summed E-state index contributed by atoms with van der Waals surface area (Å²) >= 11 is 0. The first-order valence-corrected chi connectivity index (χ1v) is 7.75. The van der Waals surface area contributed by atoms with Gasteiger partial charge in [0.2, 0.25) is 0 Å². The number of H-pyrrole nitrogens is 1. The molecule has 5 heteroatoms. The molecule has 112 valence electrons. The van der Waals surface area contributed by atoms with Crippen molar-refractivity contribution < 1.29 is 9.53 Å². The number of nitrogens with one attached hydrogen (secondary N) is 1. The molecule has 1 fully saturated rings. The van der Waals surface area contributed by atoms with Gasteiger partial charge in [0.05, 0.1) is 12.1 Å². The Hall–Kier alpha value is -1.91.